The quantitative estimate of drug-likeness (QED) is 0.582. The largest absolute Gasteiger partial charge is 0.478 e. The molecule has 1 unspecified atom stereocenters. The van der Waals surface area contributed by atoms with Crippen LogP contribution in [0.4, 0.5) is 0 Å². The van der Waals surface area contributed by atoms with Crippen LogP contribution in [0.25, 0.3) is 0 Å². The van der Waals surface area contributed by atoms with Crippen molar-refractivity contribution in [2.75, 3.05) is 0 Å². The summed E-state index contributed by atoms with van der Waals surface area (Å²) in [7, 11) is 0. The topological polar surface area (TPSA) is 121 Å². The third-order valence-corrected chi connectivity index (χ3v) is 4.27. The van der Waals surface area contributed by atoms with Gasteiger partial charge in [-0.3, -0.25) is 0 Å². The standard InChI is InChI=1S/C12H20N2O.C9H8O4/c1-10(2)5-3-4-6-12(15)11-7-13-9-14-8-11;1-5-6(8(10)11)3-2-4-7(5)9(12)13/h7-10,12,15H,3-6H2,1-2H3;2-4H,1H3,(H,10,11)(H,12,13). The molecule has 2 rings (SSSR count). The zero-order chi connectivity index (χ0) is 21.1. The van der Waals surface area contributed by atoms with Gasteiger partial charge in [0.15, 0.2) is 0 Å². The molecule has 0 aliphatic heterocycles. The van der Waals surface area contributed by atoms with Gasteiger partial charge in [0.1, 0.15) is 6.33 Å². The van der Waals surface area contributed by atoms with Crippen LogP contribution < -0.4 is 0 Å². The maximum atomic E-state index is 10.6. The van der Waals surface area contributed by atoms with Crippen LogP contribution in [0.5, 0.6) is 0 Å². The summed E-state index contributed by atoms with van der Waals surface area (Å²) in [6.45, 7) is 5.93. The van der Waals surface area contributed by atoms with Gasteiger partial charge in [0.05, 0.1) is 17.2 Å². The van der Waals surface area contributed by atoms with Gasteiger partial charge >= 0.3 is 11.9 Å². The second-order valence-corrected chi connectivity index (χ2v) is 6.95. The van der Waals surface area contributed by atoms with Crippen LogP contribution in [0.15, 0.2) is 36.9 Å². The zero-order valence-electron chi connectivity index (χ0n) is 16.5. The highest BCUT2D eigenvalue weighted by Gasteiger charge is 2.13. The predicted octanol–water partition coefficient (Wildman–Crippen LogP) is 4.12. The second-order valence-electron chi connectivity index (χ2n) is 6.95. The number of carboxylic acids is 2. The molecule has 7 nitrogen and oxygen atoms in total. The SMILES string of the molecule is CC(C)CCCCC(O)c1cncnc1.Cc1c(C(=O)O)cccc1C(=O)O. The number of aromatic nitrogens is 2. The fraction of sp³-hybridized carbons (Fsp3) is 0.429. The van der Waals surface area contributed by atoms with Crippen LogP contribution in [-0.2, 0) is 0 Å². The molecule has 0 amide bonds. The van der Waals surface area contributed by atoms with Crippen molar-refractivity contribution in [1.82, 2.24) is 9.97 Å². The molecule has 2 aromatic rings. The highest BCUT2D eigenvalue weighted by atomic mass is 16.4. The lowest BCUT2D eigenvalue weighted by Crippen LogP contribution is -2.06. The number of unbranched alkanes of at least 4 members (excludes halogenated alkanes) is 1. The summed E-state index contributed by atoms with van der Waals surface area (Å²) in [5, 5.41) is 27.2. The first-order valence-electron chi connectivity index (χ1n) is 9.23. The Morgan fingerprint density at radius 2 is 1.46 bits per heavy atom. The van der Waals surface area contributed by atoms with Gasteiger partial charge in [-0.1, -0.05) is 39.2 Å². The Balaban J connectivity index is 0.000000283. The van der Waals surface area contributed by atoms with Crippen molar-refractivity contribution < 1.29 is 24.9 Å². The van der Waals surface area contributed by atoms with Crippen LogP contribution in [0.3, 0.4) is 0 Å². The van der Waals surface area contributed by atoms with Gasteiger partial charge in [-0.15, -0.1) is 0 Å². The Hall–Kier alpha value is -2.80. The minimum absolute atomic E-state index is 0.0277. The summed E-state index contributed by atoms with van der Waals surface area (Å²) in [6.07, 6.45) is 8.72. The molecule has 0 aliphatic carbocycles. The van der Waals surface area contributed by atoms with Crippen molar-refractivity contribution in [3.8, 4) is 0 Å². The van der Waals surface area contributed by atoms with Gasteiger partial charge < -0.3 is 15.3 Å². The molecule has 1 aromatic heterocycles. The van der Waals surface area contributed by atoms with Crippen molar-refractivity contribution >= 4 is 11.9 Å². The number of aromatic carboxylic acids is 2. The lowest BCUT2D eigenvalue weighted by Gasteiger charge is -2.10. The van der Waals surface area contributed by atoms with Gasteiger partial charge in [-0.05, 0) is 37.0 Å². The Bertz CT molecular complexity index is 730. The first-order chi connectivity index (χ1) is 13.2. The van der Waals surface area contributed by atoms with E-state index in [-0.39, 0.29) is 16.7 Å². The van der Waals surface area contributed by atoms with E-state index in [4.69, 9.17) is 10.2 Å². The van der Waals surface area contributed by atoms with E-state index in [0.29, 0.717) is 0 Å². The van der Waals surface area contributed by atoms with E-state index < -0.39 is 18.0 Å². The Labute approximate surface area is 165 Å². The van der Waals surface area contributed by atoms with Gasteiger partial charge in [-0.2, -0.15) is 0 Å². The number of carbonyl (C=O) groups is 2. The number of benzene rings is 1. The van der Waals surface area contributed by atoms with E-state index in [1.807, 2.05) is 0 Å². The molecule has 7 heteroatoms. The normalized spacial score (nSPS) is 11.5. The highest BCUT2D eigenvalue weighted by Crippen LogP contribution is 2.19. The number of aliphatic hydroxyl groups is 1. The van der Waals surface area contributed by atoms with E-state index in [1.165, 1.54) is 44.3 Å². The van der Waals surface area contributed by atoms with Crippen molar-refractivity contribution in [2.24, 2.45) is 5.92 Å². The van der Waals surface area contributed by atoms with Crippen molar-refractivity contribution in [3.05, 3.63) is 59.2 Å². The van der Waals surface area contributed by atoms with E-state index in [2.05, 4.69) is 23.8 Å². The molecule has 0 bridgehead atoms. The number of hydrogen-bond acceptors (Lipinski definition) is 5. The summed E-state index contributed by atoms with van der Waals surface area (Å²) in [5.74, 6) is -1.47. The molecule has 0 spiro atoms. The second kappa shape index (κ2) is 11.8. The third-order valence-electron chi connectivity index (χ3n) is 4.27. The molecule has 0 saturated carbocycles. The zero-order valence-corrected chi connectivity index (χ0v) is 16.5. The van der Waals surface area contributed by atoms with Gasteiger partial charge in [0, 0.05) is 18.0 Å². The van der Waals surface area contributed by atoms with Crippen LogP contribution in [-0.4, -0.2) is 37.2 Å². The molecule has 28 heavy (non-hydrogen) atoms. The van der Waals surface area contributed by atoms with Crippen molar-refractivity contribution in [3.63, 3.8) is 0 Å². The summed E-state index contributed by atoms with van der Waals surface area (Å²) in [5.41, 5.74) is 1.16. The maximum Gasteiger partial charge on any atom is 0.335 e. The van der Waals surface area contributed by atoms with Crippen LogP contribution >= 0.6 is 0 Å². The lowest BCUT2D eigenvalue weighted by molar-refractivity contribution is 0.0696. The van der Waals surface area contributed by atoms with Crippen molar-refractivity contribution in [2.45, 2.75) is 52.6 Å². The molecule has 1 atom stereocenters. The average Bonchev–Trinajstić information content (AvgIpc) is 2.66. The molecule has 0 radical (unpaired) electrons. The summed E-state index contributed by atoms with van der Waals surface area (Å²) >= 11 is 0. The first-order valence-corrected chi connectivity index (χ1v) is 9.23. The first kappa shape index (κ1) is 23.2. The van der Waals surface area contributed by atoms with Gasteiger partial charge in [0.25, 0.3) is 0 Å². The molecule has 1 heterocycles. The van der Waals surface area contributed by atoms with Crippen molar-refractivity contribution in [1.29, 1.82) is 0 Å². The molecule has 1 aromatic carbocycles. The number of hydrogen-bond donors (Lipinski definition) is 3. The van der Waals surface area contributed by atoms with E-state index in [9.17, 15) is 14.7 Å². The molecule has 0 aliphatic rings. The molecule has 152 valence electrons. The van der Waals surface area contributed by atoms with Gasteiger partial charge in [0.2, 0.25) is 0 Å². The summed E-state index contributed by atoms with van der Waals surface area (Å²) in [6, 6.07) is 4.17. The summed E-state index contributed by atoms with van der Waals surface area (Å²) < 4.78 is 0. The maximum absolute atomic E-state index is 10.6. The minimum atomic E-state index is -1.11. The molecule has 3 N–H and O–H groups in total. The molecule has 0 saturated heterocycles. The Kier molecular flexibility index (Phi) is 9.81. The van der Waals surface area contributed by atoms with E-state index in [1.54, 1.807) is 12.4 Å². The number of aliphatic hydroxyl groups excluding tert-OH is 1. The fourth-order valence-electron chi connectivity index (χ4n) is 2.64. The monoisotopic (exact) mass is 388 g/mol. The smallest absolute Gasteiger partial charge is 0.335 e. The molecular weight excluding hydrogens is 360 g/mol. The number of rotatable bonds is 8. The fourth-order valence-corrected chi connectivity index (χ4v) is 2.64. The lowest BCUT2D eigenvalue weighted by atomic mass is 10.0. The minimum Gasteiger partial charge on any atom is -0.478 e. The predicted molar refractivity (Wildman–Crippen MR) is 105 cm³/mol. The Morgan fingerprint density at radius 1 is 0.964 bits per heavy atom. The molecule has 0 fully saturated rings. The number of nitrogens with zero attached hydrogens (tertiary/aromatic N) is 2. The van der Waals surface area contributed by atoms with Gasteiger partial charge in [-0.25, -0.2) is 19.6 Å². The molecular formula is C21H28N2O5. The highest BCUT2D eigenvalue weighted by molar-refractivity contribution is 5.96. The average molecular weight is 388 g/mol. The van der Waals surface area contributed by atoms with E-state index >= 15 is 0 Å². The Morgan fingerprint density at radius 3 is 1.93 bits per heavy atom. The number of carboxylic acid groups (broad SMARTS) is 2. The van der Waals surface area contributed by atoms with E-state index in [0.717, 1.165) is 24.3 Å². The summed E-state index contributed by atoms with van der Waals surface area (Å²) in [4.78, 5) is 29.0. The van der Waals surface area contributed by atoms with Crippen LogP contribution in [0.1, 0.15) is 77.5 Å². The van der Waals surface area contributed by atoms with Crippen LogP contribution in [0, 0.1) is 12.8 Å². The van der Waals surface area contributed by atoms with Crippen LogP contribution in [0.2, 0.25) is 0 Å². The third kappa shape index (κ3) is 7.84.